The Bertz CT molecular complexity index is 86.8. The van der Waals surface area contributed by atoms with Gasteiger partial charge in [-0.05, 0) is 0 Å². The van der Waals surface area contributed by atoms with Gasteiger partial charge in [0.2, 0.25) is 0 Å². The molecule has 3 nitrogen and oxygen atoms in total. The first-order chi connectivity index (χ1) is 6.00. The van der Waals surface area contributed by atoms with Crippen molar-refractivity contribution in [3.05, 3.63) is 0 Å². The number of hydrogen-bond acceptors (Lipinski definition) is 0. The van der Waals surface area contributed by atoms with Gasteiger partial charge in [0, 0.05) is 0 Å². The Hall–Kier alpha value is -0.120. The third kappa shape index (κ3) is 244000. The molecule has 0 aliphatic rings. The molecule has 0 amide bonds. The Morgan fingerprint density at radius 1 is 0.278 bits per heavy atom. The number of quaternary nitrogens is 3. The van der Waals surface area contributed by atoms with E-state index < -0.39 is 0 Å². The first kappa shape index (κ1) is 36.1. The van der Waals surface area contributed by atoms with Gasteiger partial charge in [0.05, 0.1) is 84.6 Å². The highest BCUT2D eigenvalue weighted by molar-refractivity contribution is 3.88. The lowest BCUT2D eigenvalue weighted by Gasteiger charge is -2.14. The molecule has 18 heavy (non-hydrogen) atoms. The fraction of sp³-hybridized carbons (Fsp3) is 1.00. The predicted molar refractivity (Wildman–Crippen MR) is 92.1 cm³/mol. The topological polar surface area (TPSA) is 0 Å². The number of nitrogens with zero attached hydrogens (tertiary/aromatic N) is 3. The molecule has 0 radical (unpaired) electrons. The Kier molecular flexibility index (Phi) is 26.7. The molecule has 0 unspecified atom stereocenters. The van der Waals surface area contributed by atoms with Gasteiger partial charge in [0.15, 0.2) is 0 Å². The van der Waals surface area contributed by atoms with Crippen LogP contribution in [0.1, 0.15) is 22.3 Å². The Labute approximate surface area is 121 Å². The van der Waals surface area contributed by atoms with E-state index in [1.54, 1.807) is 0 Å². The Morgan fingerprint density at radius 2 is 0.278 bits per heavy atom. The van der Waals surface area contributed by atoms with Gasteiger partial charge in [0.25, 0.3) is 0 Å². The predicted octanol–water partition coefficient (Wildman–Crippen LogP) is 2.88. The van der Waals surface area contributed by atoms with E-state index in [9.17, 15) is 0 Å². The summed E-state index contributed by atoms with van der Waals surface area (Å²) in [7, 11) is 25.5. The summed E-state index contributed by atoms with van der Waals surface area (Å²) in [6, 6.07) is 0. The molecule has 0 aromatic carbocycles. The fourth-order valence-electron chi connectivity index (χ4n) is 0. The van der Waals surface area contributed by atoms with Crippen LogP contribution in [-0.2, 0) is 0 Å². The van der Waals surface area contributed by atoms with Crippen LogP contribution in [0.3, 0.4) is 0 Å². The van der Waals surface area contributed by atoms with E-state index in [2.05, 4.69) is 84.6 Å². The minimum atomic E-state index is 0. The molecule has 0 saturated carbocycles. The second kappa shape index (κ2) is 13.3. The molecule has 120 valence electrons. The van der Waals surface area contributed by atoms with Crippen molar-refractivity contribution in [3.8, 4) is 0 Å². The summed E-state index contributed by atoms with van der Waals surface area (Å²) in [5.74, 6) is 0. The molecular weight excluding hydrogens is 222 g/mol. The molecule has 0 bridgehead atoms. The van der Waals surface area contributed by atoms with Crippen molar-refractivity contribution in [2.45, 2.75) is 22.3 Å². The fourth-order valence-corrected chi connectivity index (χ4v) is 0. The lowest BCUT2D eigenvalue weighted by Crippen LogP contribution is -2.27. The summed E-state index contributed by atoms with van der Waals surface area (Å²) in [4.78, 5) is 0. The zero-order chi connectivity index (χ0) is 13.5. The summed E-state index contributed by atoms with van der Waals surface area (Å²) in [5, 5.41) is 0. The second-order valence-electron chi connectivity index (χ2n) is 8.05. The van der Waals surface area contributed by atoms with E-state index in [0.717, 1.165) is 13.4 Å². The normalized spacial score (nSPS) is 10.0. The summed E-state index contributed by atoms with van der Waals surface area (Å²) in [6.07, 6.45) is 0. The lowest BCUT2D eigenvalue weighted by molar-refractivity contribution is -0.849. The zero-order valence-corrected chi connectivity index (χ0v) is 13.3. The van der Waals surface area contributed by atoms with Crippen LogP contribution in [-0.4, -0.2) is 98.0 Å². The van der Waals surface area contributed by atoms with E-state index in [1.807, 2.05) is 0 Å². The van der Waals surface area contributed by atoms with E-state index in [1.165, 1.54) is 0 Å². The van der Waals surface area contributed by atoms with Gasteiger partial charge in [-0.25, -0.2) is 0 Å². The quantitative estimate of drug-likeness (QED) is 0.594. The van der Waals surface area contributed by atoms with Crippen LogP contribution in [0.25, 0.3) is 0 Å². The van der Waals surface area contributed by atoms with Crippen molar-refractivity contribution in [1.82, 2.24) is 0 Å². The van der Waals surface area contributed by atoms with Crippen LogP contribution in [0.4, 0.5) is 0 Å². The first-order valence-electron chi connectivity index (χ1n) is 5.37. The zero-order valence-electron chi connectivity index (χ0n) is 13.3. The molecular formula is C15H48N3+3. The Morgan fingerprint density at radius 3 is 0.278 bits per heavy atom. The third-order valence-electron chi connectivity index (χ3n) is 0. The monoisotopic (exact) mass is 270 g/mol. The molecule has 0 atom stereocenters. The molecule has 0 heterocycles. The van der Waals surface area contributed by atoms with Gasteiger partial charge in [-0.15, -0.1) is 0 Å². The highest BCUT2D eigenvalue weighted by atomic mass is 15.3. The van der Waals surface area contributed by atoms with Crippen LogP contribution < -0.4 is 0 Å². The largest absolute Gasteiger partial charge is 0.333 e. The van der Waals surface area contributed by atoms with Crippen molar-refractivity contribution in [2.75, 3.05) is 84.6 Å². The third-order valence-corrected chi connectivity index (χ3v) is 0. The second-order valence-corrected chi connectivity index (χ2v) is 8.05. The smallest absolute Gasteiger partial charge is 0.0675 e. The average molecular weight is 271 g/mol. The highest BCUT2D eigenvalue weighted by Gasteiger charge is 1.89. The molecule has 0 aromatic rings. The maximum absolute atomic E-state index is 2.12. The molecule has 0 N–H and O–H groups in total. The molecule has 0 aliphatic heterocycles. The average Bonchev–Trinajstić information content (AvgIpc) is 1.41. The summed E-state index contributed by atoms with van der Waals surface area (Å²) in [5.41, 5.74) is 0. The SMILES string of the molecule is C.C.C.C[N+](C)(C)C.C[N+](C)(C)C.C[N+](C)(C)C. The Balaban J connectivity index is -0.0000000277. The van der Waals surface area contributed by atoms with Crippen LogP contribution >= 0.6 is 0 Å². The number of hydrogen-bond donors (Lipinski definition) is 0. The molecule has 3 heteroatoms. The maximum Gasteiger partial charge on any atom is 0.0675 e. The van der Waals surface area contributed by atoms with Gasteiger partial charge < -0.3 is 13.4 Å². The van der Waals surface area contributed by atoms with E-state index in [0.29, 0.717) is 0 Å². The molecule has 0 saturated heterocycles. The van der Waals surface area contributed by atoms with Gasteiger partial charge in [-0.1, -0.05) is 22.3 Å². The summed E-state index contributed by atoms with van der Waals surface area (Å²) in [6.45, 7) is 0. The van der Waals surface area contributed by atoms with Gasteiger partial charge >= 0.3 is 0 Å². The first-order valence-corrected chi connectivity index (χ1v) is 5.37. The van der Waals surface area contributed by atoms with E-state index in [-0.39, 0.29) is 22.3 Å². The molecule has 0 rings (SSSR count). The van der Waals surface area contributed by atoms with Crippen molar-refractivity contribution < 1.29 is 13.4 Å². The minimum Gasteiger partial charge on any atom is -0.333 e. The van der Waals surface area contributed by atoms with Gasteiger partial charge in [-0.3, -0.25) is 0 Å². The van der Waals surface area contributed by atoms with E-state index >= 15 is 0 Å². The minimum absolute atomic E-state index is 0. The summed E-state index contributed by atoms with van der Waals surface area (Å²) >= 11 is 0. The van der Waals surface area contributed by atoms with Crippen LogP contribution in [0.2, 0.25) is 0 Å². The molecule has 0 aliphatic carbocycles. The van der Waals surface area contributed by atoms with Crippen molar-refractivity contribution in [2.24, 2.45) is 0 Å². The molecule has 0 spiro atoms. The van der Waals surface area contributed by atoms with Gasteiger partial charge in [0.1, 0.15) is 0 Å². The summed E-state index contributed by atoms with van der Waals surface area (Å²) < 4.78 is 3.00. The lowest BCUT2D eigenvalue weighted by atomic mass is 10.8. The molecule has 0 fully saturated rings. The van der Waals surface area contributed by atoms with Crippen LogP contribution in [0, 0.1) is 0 Å². The standard InChI is InChI=1S/3C4H12N.3CH4/c3*1-5(2,3)4;;;/h3*1-4H3;3*1H4/q3*+1;;;. The molecule has 0 aromatic heterocycles. The van der Waals surface area contributed by atoms with E-state index in [4.69, 9.17) is 0 Å². The number of rotatable bonds is 0. The van der Waals surface area contributed by atoms with Crippen LogP contribution in [0.5, 0.6) is 0 Å². The van der Waals surface area contributed by atoms with Crippen molar-refractivity contribution in [3.63, 3.8) is 0 Å². The van der Waals surface area contributed by atoms with Gasteiger partial charge in [-0.2, -0.15) is 0 Å². The van der Waals surface area contributed by atoms with Crippen molar-refractivity contribution >= 4 is 0 Å². The highest BCUT2D eigenvalue weighted by Crippen LogP contribution is 1.74. The van der Waals surface area contributed by atoms with Crippen LogP contribution in [0.15, 0.2) is 0 Å². The maximum atomic E-state index is 2.12. The van der Waals surface area contributed by atoms with Crippen molar-refractivity contribution in [1.29, 1.82) is 0 Å².